The van der Waals surface area contributed by atoms with Crippen LogP contribution >= 0.6 is 0 Å². The Labute approximate surface area is 400 Å². The Balaban J connectivity index is 0.992. The molecule has 0 saturated carbocycles. The van der Waals surface area contributed by atoms with Gasteiger partial charge in [-0.25, -0.2) is 15.0 Å². The summed E-state index contributed by atoms with van der Waals surface area (Å²) in [7, 11) is -2.76. The van der Waals surface area contributed by atoms with E-state index >= 15 is 0 Å². The fourth-order valence-corrected chi connectivity index (χ4v) is 15.3. The lowest BCUT2D eigenvalue weighted by atomic mass is 9.95. The van der Waals surface area contributed by atoms with E-state index in [9.17, 15) is 0 Å². The van der Waals surface area contributed by atoms with Crippen LogP contribution in [0.2, 0.25) is 0 Å². The highest BCUT2D eigenvalue weighted by Crippen LogP contribution is 2.41. The average Bonchev–Trinajstić information content (AvgIpc) is 3.98. The third kappa shape index (κ3) is 6.72. The maximum atomic E-state index is 6.38. The van der Waals surface area contributed by atoms with Gasteiger partial charge in [-0.2, -0.15) is 0 Å². The standard InChI is InChI=1S/C63H42N4OSi/c1-4-19-46(20-5-1)69(47-21-6-2-7-22-47,48-23-8-3-9-24-48)49-41-37-44(38-42-49)62-64-61(43-35-39-45(40-36-43)67-56-31-15-12-26-51(56)52-27-13-16-32-57(52)67)65-63(66-62)54-28-11-10-25-50(54)53-30-18-34-59-60(53)55-29-14-17-33-58(55)68-59/h1-42H. The zero-order valence-electron chi connectivity index (χ0n) is 37.4. The lowest BCUT2D eigenvalue weighted by Gasteiger charge is -2.34. The number of rotatable bonds is 9. The van der Waals surface area contributed by atoms with Crippen molar-refractivity contribution in [3.05, 3.63) is 255 Å². The highest BCUT2D eigenvalue weighted by Gasteiger charge is 2.41. The average molecular weight is 899 g/mol. The largest absolute Gasteiger partial charge is 0.456 e. The van der Waals surface area contributed by atoms with Crippen LogP contribution in [0.25, 0.3) is 94.7 Å². The van der Waals surface area contributed by atoms with Crippen LogP contribution in [-0.2, 0) is 0 Å². The fourth-order valence-electron chi connectivity index (χ4n) is 10.6. The summed E-state index contributed by atoms with van der Waals surface area (Å²) in [5.41, 5.74) is 9.86. The molecule has 0 spiro atoms. The minimum absolute atomic E-state index is 0.590. The van der Waals surface area contributed by atoms with Crippen molar-refractivity contribution in [2.75, 3.05) is 0 Å². The first-order valence-electron chi connectivity index (χ1n) is 23.3. The van der Waals surface area contributed by atoms with Crippen molar-refractivity contribution in [2.45, 2.75) is 0 Å². The fraction of sp³-hybridized carbons (Fsp3) is 0. The molecule has 0 aliphatic heterocycles. The van der Waals surface area contributed by atoms with E-state index in [0.29, 0.717) is 17.5 Å². The second-order valence-corrected chi connectivity index (χ2v) is 21.3. The predicted molar refractivity (Wildman–Crippen MR) is 287 cm³/mol. The van der Waals surface area contributed by atoms with Crippen molar-refractivity contribution in [3.8, 4) is 51.0 Å². The monoisotopic (exact) mass is 898 g/mol. The van der Waals surface area contributed by atoms with E-state index in [2.05, 4.69) is 241 Å². The smallest absolute Gasteiger partial charge is 0.179 e. The van der Waals surface area contributed by atoms with Crippen LogP contribution in [0.15, 0.2) is 259 Å². The Morgan fingerprint density at radius 2 is 0.725 bits per heavy atom. The van der Waals surface area contributed by atoms with Crippen LogP contribution in [0.4, 0.5) is 0 Å². The molecule has 0 unspecified atom stereocenters. The number of nitrogens with zero attached hydrogens (tertiary/aromatic N) is 4. The normalized spacial score (nSPS) is 11.8. The van der Waals surface area contributed by atoms with Crippen molar-refractivity contribution in [2.24, 2.45) is 0 Å². The van der Waals surface area contributed by atoms with Crippen LogP contribution in [0.3, 0.4) is 0 Å². The number of furan rings is 1. The van der Waals surface area contributed by atoms with Gasteiger partial charge in [-0.05, 0) is 80.4 Å². The topological polar surface area (TPSA) is 56.7 Å². The summed E-state index contributed by atoms with van der Waals surface area (Å²) in [4.78, 5) is 16.0. The van der Waals surface area contributed by atoms with Crippen molar-refractivity contribution in [1.29, 1.82) is 0 Å². The minimum atomic E-state index is -2.76. The molecule has 5 nitrogen and oxygen atoms in total. The van der Waals surface area contributed by atoms with Gasteiger partial charge in [-0.1, -0.05) is 206 Å². The Morgan fingerprint density at radius 1 is 0.304 bits per heavy atom. The molecule has 3 heterocycles. The zero-order valence-corrected chi connectivity index (χ0v) is 38.4. The first kappa shape index (κ1) is 40.3. The molecule has 0 amide bonds. The number of hydrogen-bond acceptors (Lipinski definition) is 4. The molecule has 6 heteroatoms. The number of fused-ring (bicyclic) bond motifs is 6. The van der Waals surface area contributed by atoms with Crippen LogP contribution in [0.1, 0.15) is 0 Å². The number of aromatic nitrogens is 4. The quantitative estimate of drug-likeness (QED) is 0.107. The van der Waals surface area contributed by atoms with Gasteiger partial charge in [0.05, 0.1) is 11.0 Å². The molecule has 13 rings (SSSR count). The number of hydrogen-bond donors (Lipinski definition) is 0. The Bertz CT molecular complexity index is 3850. The number of benzene rings is 10. The molecule has 69 heavy (non-hydrogen) atoms. The first-order chi connectivity index (χ1) is 34.2. The second kappa shape index (κ2) is 16.7. The van der Waals surface area contributed by atoms with Gasteiger partial charge in [0.2, 0.25) is 0 Å². The van der Waals surface area contributed by atoms with Gasteiger partial charge in [0, 0.05) is 43.9 Å². The van der Waals surface area contributed by atoms with E-state index in [0.717, 1.165) is 66.5 Å². The Kier molecular flexibility index (Phi) is 9.77. The van der Waals surface area contributed by atoms with Gasteiger partial charge >= 0.3 is 0 Å². The van der Waals surface area contributed by atoms with Gasteiger partial charge in [0.15, 0.2) is 25.5 Å². The molecular formula is C63H42N4OSi. The molecular weight excluding hydrogens is 857 g/mol. The van der Waals surface area contributed by atoms with Crippen molar-refractivity contribution in [1.82, 2.24) is 19.5 Å². The molecule has 10 aromatic carbocycles. The molecule has 0 aliphatic carbocycles. The maximum Gasteiger partial charge on any atom is 0.179 e. The Morgan fingerprint density at radius 3 is 1.30 bits per heavy atom. The first-order valence-corrected chi connectivity index (χ1v) is 25.3. The van der Waals surface area contributed by atoms with Gasteiger partial charge in [0.1, 0.15) is 11.2 Å². The van der Waals surface area contributed by atoms with E-state index in [4.69, 9.17) is 19.4 Å². The molecule has 0 fully saturated rings. The van der Waals surface area contributed by atoms with E-state index in [1.54, 1.807) is 0 Å². The zero-order chi connectivity index (χ0) is 45.7. The van der Waals surface area contributed by atoms with Gasteiger partial charge in [0.25, 0.3) is 0 Å². The molecule has 0 bridgehead atoms. The minimum Gasteiger partial charge on any atom is -0.456 e. The predicted octanol–water partition coefficient (Wildman–Crippen LogP) is 12.9. The van der Waals surface area contributed by atoms with E-state index in [1.807, 2.05) is 18.2 Å². The summed E-state index contributed by atoms with van der Waals surface area (Å²) >= 11 is 0. The van der Waals surface area contributed by atoms with Gasteiger partial charge in [-0.3, -0.25) is 0 Å². The Hall–Kier alpha value is -8.97. The van der Waals surface area contributed by atoms with Gasteiger partial charge < -0.3 is 8.98 Å². The summed E-state index contributed by atoms with van der Waals surface area (Å²) in [5, 5.41) is 9.82. The molecule has 3 aromatic heterocycles. The molecule has 13 aromatic rings. The molecule has 0 N–H and O–H groups in total. The number of para-hydroxylation sites is 3. The van der Waals surface area contributed by atoms with Crippen LogP contribution < -0.4 is 20.7 Å². The van der Waals surface area contributed by atoms with E-state index in [-0.39, 0.29) is 0 Å². The van der Waals surface area contributed by atoms with Crippen molar-refractivity contribution >= 4 is 72.6 Å². The lowest BCUT2D eigenvalue weighted by Crippen LogP contribution is -2.74. The summed E-state index contributed by atoms with van der Waals surface area (Å²) < 4.78 is 8.71. The summed E-state index contributed by atoms with van der Waals surface area (Å²) in [6.07, 6.45) is 0. The van der Waals surface area contributed by atoms with E-state index < -0.39 is 8.07 Å². The highest BCUT2D eigenvalue weighted by molar-refractivity contribution is 7.19. The van der Waals surface area contributed by atoms with Crippen LogP contribution in [0, 0.1) is 0 Å². The van der Waals surface area contributed by atoms with Crippen LogP contribution in [-0.4, -0.2) is 27.6 Å². The molecule has 324 valence electrons. The van der Waals surface area contributed by atoms with Gasteiger partial charge in [-0.15, -0.1) is 0 Å². The third-order valence-electron chi connectivity index (χ3n) is 13.7. The maximum absolute atomic E-state index is 6.38. The molecule has 0 atom stereocenters. The SMILES string of the molecule is c1ccc([Si](c2ccccc2)(c2ccccc2)c2ccc(-c3nc(-c4ccc(-n5c6ccccc6c6ccccc65)cc4)nc(-c4ccccc4-c4cccc5oc6ccccc6c45)n3)cc2)cc1. The summed E-state index contributed by atoms with van der Waals surface area (Å²) in [6.45, 7) is 0. The van der Waals surface area contributed by atoms with Crippen LogP contribution in [0.5, 0.6) is 0 Å². The summed E-state index contributed by atoms with van der Waals surface area (Å²) in [5.74, 6) is 1.78. The van der Waals surface area contributed by atoms with Crippen molar-refractivity contribution in [3.63, 3.8) is 0 Å². The molecule has 0 radical (unpaired) electrons. The van der Waals surface area contributed by atoms with E-state index in [1.165, 1.54) is 31.5 Å². The third-order valence-corrected chi connectivity index (χ3v) is 18.5. The second-order valence-electron chi connectivity index (χ2n) is 17.5. The lowest BCUT2D eigenvalue weighted by molar-refractivity contribution is 0.669. The molecule has 0 saturated heterocycles. The van der Waals surface area contributed by atoms with Crippen molar-refractivity contribution < 1.29 is 4.42 Å². The summed E-state index contributed by atoms with van der Waals surface area (Å²) in [6, 6.07) is 90.8. The highest BCUT2D eigenvalue weighted by atomic mass is 28.3. The molecule has 0 aliphatic rings.